The second-order valence-corrected chi connectivity index (χ2v) is 6.99. The predicted octanol–water partition coefficient (Wildman–Crippen LogP) is 2.10. The predicted molar refractivity (Wildman–Crippen MR) is 81.7 cm³/mol. The third kappa shape index (κ3) is 6.09. The number of nitrogens with two attached hydrogens (primary N) is 1. The Labute approximate surface area is 123 Å². The lowest BCUT2D eigenvalue weighted by atomic mass is 10.2. The molecule has 2 unspecified atom stereocenters. The van der Waals surface area contributed by atoms with Gasteiger partial charge in [-0.25, -0.2) is 4.79 Å². The lowest BCUT2D eigenvalue weighted by molar-refractivity contribution is 0.0192. The molecular formula is C15H31N3O2. The van der Waals surface area contributed by atoms with Crippen LogP contribution in [0.1, 0.15) is 53.9 Å². The van der Waals surface area contributed by atoms with Crippen LogP contribution in [-0.2, 0) is 4.74 Å². The molecule has 0 bridgehead atoms. The van der Waals surface area contributed by atoms with E-state index in [2.05, 4.69) is 5.32 Å². The third-order valence-electron chi connectivity index (χ3n) is 3.51. The molecule has 118 valence electrons. The van der Waals surface area contributed by atoms with Crippen LogP contribution in [0.15, 0.2) is 0 Å². The van der Waals surface area contributed by atoms with Gasteiger partial charge in [-0.2, -0.15) is 0 Å². The SMILES string of the molecule is CC(C)N(CCNC1CCC(N)C1)C(=O)OC(C)(C)C. The maximum Gasteiger partial charge on any atom is 0.410 e. The monoisotopic (exact) mass is 285 g/mol. The average molecular weight is 285 g/mol. The van der Waals surface area contributed by atoms with Crippen LogP contribution in [0.25, 0.3) is 0 Å². The van der Waals surface area contributed by atoms with Gasteiger partial charge in [0.25, 0.3) is 0 Å². The number of hydrogen-bond donors (Lipinski definition) is 2. The molecule has 1 rings (SSSR count). The van der Waals surface area contributed by atoms with Crippen LogP contribution in [-0.4, -0.2) is 47.8 Å². The normalized spacial score (nSPS) is 23.1. The van der Waals surface area contributed by atoms with Crippen LogP contribution in [0.5, 0.6) is 0 Å². The van der Waals surface area contributed by atoms with Gasteiger partial charge >= 0.3 is 6.09 Å². The van der Waals surface area contributed by atoms with E-state index < -0.39 is 5.60 Å². The van der Waals surface area contributed by atoms with E-state index in [9.17, 15) is 4.79 Å². The van der Waals surface area contributed by atoms with E-state index in [0.717, 1.165) is 25.8 Å². The van der Waals surface area contributed by atoms with Crippen LogP contribution in [0.2, 0.25) is 0 Å². The summed E-state index contributed by atoms with van der Waals surface area (Å²) in [6.45, 7) is 11.1. The Balaban J connectivity index is 2.37. The largest absolute Gasteiger partial charge is 0.444 e. The van der Waals surface area contributed by atoms with Crippen molar-refractivity contribution < 1.29 is 9.53 Å². The van der Waals surface area contributed by atoms with Crippen molar-refractivity contribution in [3.05, 3.63) is 0 Å². The molecule has 0 aromatic carbocycles. The number of hydrogen-bond acceptors (Lipinski definition) is 4. The van der Waals surface area contributed by atoms with E-state index in [1.807, 2.05) is 34.6 Å². The summed E-state index contributed by atoms with van der Waals surface area (Å²) in [6.07, 6.45) is 3.03. The van der Waals surface area contributed by atoms with Gasteiger partial charge in [-0.3, -0.25) is 0 Å². The van der Waals surface area contributed by atoms with E-state index in [-0.39, 0.29) is 12.1 Å². The molecule has 5 heteroatoms. The van der Waals surface area contributed by atoms with Gasteiger partial charge in [0.2, 0.25) is 0 Å². The molecule has 0 aliphatic heterocycles. The van der Waals surface area contributed by atoms with E-state index in [0.29, 0.717) is 18.6 Å². The first kappa shape index (κ1) is 17.2. The standard InChI is InChI=1S/C15H31N3O2/c1-11(2)18(14(19)20-15(3,4)5)9-8-17-13-7-6-12(16)10-13/h11-13,17H,6-10,16H2,1-5H3. The first-order valence-electron chi connectivity index (χ1n) is 7.67. The van der Waals surface area contributed by atoms with Crippen molar-refractivity contribution in [2.45, 2.75) is 77.6 Å². The molecule has 0 heterocycles. The maximum atomic E-state index is 12.1. The molecule has 3 N–H and O–H groups in total. The Hall–Kier alpha value is -0.810. The van der Waals surface area contributed by atoms with E-state index in [1.54, 1.807) is 4.90 Å². The van der Waals surface area contributed by atoms with Crippen molar-refractivity contribution in [3.8, 4) is 0 Å². The van der Waals surface area contributed by atoms with E-state index in [1.165, 1.54) is 0 Å². The Bertz CT molecular complexity index is 313. The number of carbonyl (C=O) groups excluding carboxylic acids is 1. The third-order valence-corrected chi connectivity index (χ3v) is 3.51. The minimum atomic E-state index is -0.449. The van der Waals surface area contributed by atoms with Gasteiger partial charge in [0.05, 0.1) is 0 Å². The molecule has 0 aromatic rings. The highest BCUT2D eigenvalue weighted by Gasteiger charge is 2.25. The highest BCUT2D eigenvalue weighted by Crippen LogP contribution is 2.17. The van der Waals surface area contributed by atoms with Gasteiger partial charge in [-0.15, -0.1) is 0 Å². The quantitative estimate of drug-likeness (QED) is 0.812. The molecule has 20 heavy (non-hydrogen) atoms. The Morgan fingerprint density at radius 2 is 2.05 bits per heavy atom. The van der Waals surface area contributed by atoms with Crippen molar-refractivity contribution >= 4 is 6.09 Å². The van der Waals surface area contributed by atoms with Gasteiger partial charge in [0, 0.05) is 31.2 Å². The number of carbonyl (C=O) groups is 1. The van der Waals surface area contributed by atoms with Crippen LogP contribution in [0.3, 0.4) is 0 Å². The van der Waals surface area contributed by atoms with Crippen molar-refractivity contribution in [3.63, 3.8) is 0 Å². The Morgan fingerprint density at radius 1 is 1.40 bits per heavy atom. The van der Waals surface area contributed by atoms with Crippen molar-refractivity contribution in [2.75, 3.05) is 13.1 Å². The fourth-order valence-corrected chi connectivity index (χ4v) is 2.47. The molecule has 0 radical (unpaired) electrons. The summed E-state index contributed by atoms with van der Waals surface area (Å²) in [5.74, 6) is 0. The van der Waals surface area contributed by atoms with E-state index in [4.69, 9.17) is 10.5 Å². The zero-order chi connectivity index (χ0) is 15.3. The van der Waals surface area contributed by atoms with Crippen molar-refractivity contribution in [2.24, 2.45) is 5.73 Å². The van der Waals surface area contributed by atoms with Gasteiger partial charge in [-0.1, -0.05) is 0 Å². The zero-order valence-corrected chi connectivity index (χ0v) is 13.6. The number of amides is 1. The van der Waals surface area contributed by atoms with Gasteiger partial charge < -0.3 is 20.7 Å². The molecular weight excluding hydrogens is 254 g/mol. The Kier molecular flexibility index (Phi) is 6.27. The smallest absolute Gasteiger partial charge is 0.410 e. The summed E-state index contributed by atoms with van der Waals surface area (Å²) in [6, 6.07) is 0.967. The lowest BCUT2D eigenvalue weighted by Gasteiger charge is -2.30. The fraction of sp³-hybridized carbons (Fsp3) is 0.933. The summed E-state index contributed by atoms with van der Waals surface area (Å²) in [5, 5.41) is 3.49. The van der Waals surface area contributed by atoms with Crippen LogP contribution < -0.4 is 11.1 Å². The second-order valence-electron chi connectivity index (χ2n) is 6.99. The molecule has 0 aromatic heterocycles. The first-order chi connectivity index (χ1) is 9.19. The summed E-state index contributed by atoms with van der Waals surface area (Å²) in [5.41, 5.74) is 5.45. The number of ether oxygens (including phenoxy) is 1. The molecule has 0 spiro atoms. The zero-order valence-electron chi connectivity index (χ0n) is 13.6. The topological polar surface area (TPSA) is 67.6 Å². The maximum absolute atomic E-state index is 12.1. The summed E-state index contributed by atoms with van der Waals surface area (Å²) in [7, 11) is 0. The second kappa shape index (κ2) is 7.27. The van der Waals surface area contributed by atoms with Crippen LogP contribution >= 0.6 is 0 Å². The minimum Gasteiger partial charge on any atom is -0.444 e. The number of rotatable bonds is 5. The molecule has 5 nitrogen and oxygen atoms in total. The summed E-state index contributed by atoms with van der Waals surface area (Å²) in [4.78, 5) is 13.9. The molecule has 1 fully saturated rings. The highest BCUT2D eigenvalue weighted by molar-refractivity contribution is 5.68. The van der Waals surface area contributed by atoms with Crippen LogP contribution in [0, 0.1) is 0 Å². The highest BCUT2D eigenvalue weighted by atomic mass is 16.6. The van der Waals surface area contributed by atoms with Gasteiger partial charge in [0.1, 0.15) is 5.60 Å². The van der Waals surface area contributed by atoms with Crippen molar-refractivity contribution in [1.29, 1.82) is 0 Å². The Morgan fingerprint density at radius 3 is 2.50 bits per heavy atom. The fourth-order valence-electron chi connectivity index (χ4n) is 2.47. The average Bonchev–Trinajstić information content (AvgIpc) is 2.67. The molecule has 1 aliphatic rings. The van der Waals surface area contributed by atoms with Gasteiger partial charge in [0.15, 0.2) is 0 Å². The summed E-state index contributed by atoms with van der Waals surface area (Å²) < 4.78 is 5.44. The molecule has 1 amide bonds. The lowest BCUT2D eigenvalue weighted by Crippen LogP contribution is -2.45. The van der Waals surface area contributed by atoms with Crippen LogP contribution in [0.4, 0.5) is 4.79 Å². The van der Waals surface area contributed by atoms with Gasteiger partial charge in [-0.05, 0) is 53.9 Å². The minimum absolute atomic E-state index is 0.137. The molecule has 1 saturated carbocycles. The molecule has 1 aliphatic carbocycles. The van der Waals surface area contributed by atoms with Crippen molar-refractivity contribution in [1.82, 2.24) is 10.2 Å². The molecule has 0 saturated heterocycles. The number of nitrogens with one attached hydrogen (secondary N) is 1. The van der Waals surface area contributed by atoms with E-state index >= 15 is 0 Å². The summed E-state index contributed by atoms with van der Waals surface area (Å²) >= 11 is 0. The number of nitrogens with zero attached hydrogens (tertiary/aromatic N) is 1. The first-order valence-corrected chi connectivity index (χ1v) is 7.67. The molecule has 2 atom stereocenters.